The monoisotopic (exact) mass is 461 g/mol. The summed E-state index contributed by atoms with van der Waals surface area (Å²) in [6.45, 7) is 2.14. The molecule has 2 amide bonds. The van der Waals surface area contributed by atoms with Gasteiger partial charge >= 0.3 is 0 Å². The number of benzene rings is 1. The molecule has 2 aliphatic rings. The Morgan fingerprint density at radius 3 is 2.88 bits per heavy atom. The van der Waals surface area contributed by atoms with Gasteiger partial charge in [0.2, 0.25) is 5.91 Å². The fourth-order valence-corrected chi connectivity index (χ4v) is 5.09. The summed E-state index contributed by atoms with van der Waals surface area (Å²) < 4.78 is 7.77. The number of amides is 2. The Morgan fingerprint density at radius 2 is 1.94 bits per heavy atom. The minimum Gasteiger partial charge on any atom is -0.492 e. The molecule has 1 aromatic carbocycles. The summed E-state index contributed by atoms with van der Waals surface area (Å²) in [4.78, 5) is 30.5. The number of nitrogens with zero attached hydrogens (tertiary/aromatic N) is 5. The highest BCUT2D eigenvalue weighted by Gasteiger charge is 2.27. The summed E-state index contributed by atoms with van der Waals surface area (Å²) in [5.41, 5.74) is 2.25. The standard InChI is InChI=1S/C26H31N5O3/c32-24-10-5-13-29(26(33)23-9-4-14-30-19-27-28-25(23)30)16-17-34-22-8-3-6-20(18-22)11-12-21-7-1-2-15-31(21)24/h3-4,6,8-9,14,18-19,21H,1-2,5,7,10-13,15-17H2. The lowest BCUT2D eigenvalue weighted by Crippen LogP contribution is -2.44. The van der Waals surface area contributed by atoms with Crippen LogP contribution in [0.1, 0.15) is 54.4 Å². The SMILES string of the molecule is O=C(c1cccn2cnnc12)N1CCCC(=O)N2CCCCC2CCc2cccc(c2)OCC1. The maximum absolute atomic E-state index is 13.5. The zero-order chi connectivity index (χ0) is 23.3. The molecule has 34 heavy (non-hydrogen) atoms. The van der Waals surface area contributed by atoms with E-state index in [-0.39, 0.29) is 11.8 Å². The van der Waals surface area contributed by atoms with Crippen LogP contribution in [0.5, 0.6) is 5.75 Å². The zero-order valence-electron chi connectivity index (χ0n) is 19.4. The molecule has 1 unspecified atom stereocenters. The number of piperidine rings is 1. The Balaban J connectivity index is 1.38. The lowest BCUT2D eigenvalue weighted by atomic mass is 9.95. The van der Waals surface area contributed by atoms with Crippen LogP contribution < -0.4 is 4.74 Å². The van der Waals surface area contributed by atoms with Gasteiger partial charge in [0.25, 0.3) is 5.91 Å². The molecule has 0 aliphatic carbocycles. The molecule has 1 fully saturated rings. The van der Waals surface area contributed by atoms with Gasteiger partial charge in [-0.05, 0) is 68.4 Å². The van der Waals surface area contributed by atoms with E-state index in [4.69, 9.17) is 4.74 Å². The predicted octanol–water partition coefficient (Wildman–Crippen LogP) is 3.36. The number of fused-ring (bicyclic) bond motifs is 4. The van der Waals surface area contributed by atoms with Gasteiger partial charge in [0.05, 0.1) is 12.1 Å². The zero-order valence-corrected chi connectivity index (χ0v) is 19.4. The highest BCUT2D eigenvalue weighted by Crippen LogP contribution is 2.24. The fraction of sp³-hybridized carbons (Fsp3) is 0.462. The summed E-state index contributed by atoms with van der Waals surface area (Å²) in [6.07, 6.45) is 9.69. The molecular weight excluding hydrogens is 430 g/mol. The lowest BCUT2D eigenvalue weighted by Gasteiger charge is -2.36. The molecular formula is C26H31N5O3. The second-order valence-corrected chi connectivity index (χ2v) is 9.15. The third-order valence-electron chi connectivity index (χ3n) is 6.90. The maximum atomic E-state index is 13.5. The Kier molecular flexibility index (Phi) is 6.74. The molecule has 0 N–H and O–H groups in total. The molecule has 2 aromatic heterocycles. The number of hydrogen-bond donors (Lipinski definition) is 0. The van der Waals surface area contributed by atoms with Crippen molar-refractivity contribution in [2.24, 2.45) is 0 Å². The van der Waals surface area contributed by atoms with Crippen molar-refractivity contribution in [3.05, 3.63) is 60.0 Å². The van der Waals surface area contributed by atoms with Crippen LogP contribution in [0.2, 0.25) is 0 Å². The van der Waals surface area contributed by atoms with E-state index in [0.29, 0.717) is 49.8 Å². The maximum Gasteiger partial charge on any atom is 0.257 e. The van der Waals surface area contributed by atoms with E-state index in [9.17, 15) is 9.59 Å². The first-order chi connectivity index (χ1) is 16.7. The van der Waals surface area contributed by atoms with Gasteiger partial charge in [-0.2, -0.15) is 0 Å². The third kappa shape index (κ3) is 4.90. The number of carbonyl (C=O) groups is 2. The van der Waals surface area contributed by atoms with E-state index < -0.39 is 0 Å². The van der Waals surface area contributed by atoms with Crippen LogP contribution >= 0.6 is 0 Å². The van der Waals surface area contributed by atoms with E-state index in [1.165, 1.54) is 12.0 Å². The van der Waals surface area contributed by atoms with E-state index in [2.05, 4.69) is 27.2 Å². The van der Waals surface area contributed by atoms with Gasteiger partial charge in [-0.15, -0.1) is 10.2 Å². The van der Waals surface area contributed by atoms with Crippen molar-refractivity contribution >= 4 is 17.5 Å². The highest BCUT2D eigenvalue weighted by atomic mass is 16.5. The normalized spacial score (nSPS) is 20.2. The Bertz CT molecular complexity index is 1160. The minimum absolute atomic E-state index is 0.122. The van der Waals surface area contributed by atoms with Crippen molar-refractivity contribution in [1.29, 1.82) is 0 Å². The number of hydrogen-bond acceptors (Lipinski definition) is 5. The van der Waals surface area contributed by atoms with Crippen LogP contribution in [0.3, 0.4) is 0 Å². The number of aromatic nitrogens is 3. The van der Waals surface area contributed by atoms with Crippen molar-refractivity contribution in [2.75, 3.05) is 26.2 Å². The number of pyridine rings is 1. The van der Waals surface area contributed by atoms with Crippen molar-refractivity contribution in [3.8, 4) is 5.75 Å². The number of aryl methyl sites for hydroxylation is 1. The van der Waals surface area contributed by atoms with Crippen LogP contribution in [-0.4, -0.2) is 68.5 Å². The van der Waals surface area contributed by atoms with Crippen molar-refractivity contribution in [3.63, 3.8) is 0 Å². The number of ether oxygens (including phenoxy) is 1. The molecule has 0 radical (unpaired) electrons. The molecule has 0 saturated carbocycles. The average Bonchev–Trinajstić information content (AvgIpc) is 3.35. The molecule has 0 spiro atoms. The minimum atomic E-state index is -0.122. The van der Waals surface area contributed by atoms with Gasteiger partial charge in [0.15, 0.2) is 5.65 Å². The first-order valence-corrected chi connectivity index (χ1v) is 12.3. The topological polar surface area (TPSA) is 80.0 Å². The van der Waals surface area contributed by atoms with Crippen molar-refractivity contribution in [1.82, 2.24) is 24.4 Å². The first kappa shape index (κ1) is 22.4. The van der Waals surface area contributed by atoms with Crippen molar-refractivity contribution in [2.45, 2.75) is 51.0 Å². The van der Waals surface area contributed by atoms with Gasteiger partial charge in [-0.25, -0.2) is 0 Å². The molecule has 8 heteroatoms. The third-order valence-corrected chi connectivity index (χ3v) is 6.90. The molecule has 1 atom stereocenters. The largest absolute Gasteiger partial charge is 0.492 e. The molecule has 178 valence electrons. The quantitative estimate of drug-likeness (QED) is 0.555. The smallest absolute Gasteiger partial charge is 0.257 e. The van der Waals surface area contributed by atoms with E-state index in [0.717, 1.165) is 38.0 Å². The van der Waals surface area contributed by atoms with Crippen LogP contribution in [-0.2, 0) is 11.2 Å². The molecule has 5 rings (SSSR count). The second kappa shape index (κ2) is 10.2. The summed E-state index contributed by atoms with van der Waals surface area (Å²) in [6, 6.07) is 12.1. The Hall–Kier alpha value is -3.42. The average molecular weight is 462 g/mol. The second-order valence-electron chi connectivity index (χ2n) is 9.15. The van der Waals surface area contributed by atoms with E-state index >= 15 is 0 Å². The van der Waals surface area contributed by atoms with Crippen LogP contribution in [0.4, 0.5) is 0 Å². The lowest BCUT2D eigenvalue weighted by molar-refractivity contribution is -0.135. The van der Waals surface area contributed by atoms with Crippen molar-refractivity contribution < 1.29 is 14.3 Å². The van der Waals surface area contributed by atoms with Gasteiger partial charge in [-0.1, -0.05) is 12.1 Å². The summed E-state index contributed by atoms with van der Waals surface area (Å²) in [7, 11) is 0. The Morgan fingerprint density at radius 1 is 1.00 bits per heavy atom. The van der Waals surface area contributed by atoms with E-state index in [1.54, 1.807) is 21.7 Å². The highest BCUT2D eigenvalue weighted by molar-refractivity contribution is 5.99. The summed E-state index contributed by atoms with van der Waals surface area (Å²) in [5.74, 6) is 0.899. The molecule has 2 bridgehead atoms. The van der Waals surface area contributed by atoms with Crippen LogP contribution in [0.15, 0.2) is 48.9 Å². The van der Waals surface area contributed by atoms with Gasteiger partial charge in [0, 0.05) is 31.7 Å². The molecule has 2 aliphatic heterocycles. The molecule has 4 heterocycles. The van der Waals surface area contributed by atoms with Gasteiger partial charge < -0.3 is 14.5 Å². The Labute approximate surface area is 199 Å². The van der Waals surface area contributed by atoms with Crippen LogP contribution in [0, 0.1) is 0 Å². The fourth-order valence-electron chi connectivity index (χ4n) is 5.09. The molecule has 8 nitrogen and oxygen atoms in total. The predicted molar refractivity (Wildman–Crippen MR) is 128 cm³/mol. The molecule has 3 aromatic rings. The number of carbonyl (C=O) groups excluding carboxylic acids is 2. The molecule has 1 saturated heterocycles. The van der Waals surface area contributed by atoms with Crippen LogP contribution in [0.25, 0.3) is 5.65 Å². The summed E-state index contributed by atoms with van der Waals surface area (Å²) in [5, 5.41) is 8.05. The first-order valence-electron chi connectivity index (χ1n) is 12.3. The number of rotatable bonds is 1. The van der Waals surface area contributed by atoms with Gasteiger partial charge in [-0.3, -0.25) is 14.0 Å². The summed E-state index contributed by atoms with van der Waals surface area (Å²) >= 11 is 0. The van der Waals surface area contributed by atoms with E-state index in [1.807, 2.05) is 24.4 Å². The van der Waals surface area contributed by atoms with Gasteiger partial charge in [0.1, 0.15) is 18.7 Å².